The van der Waals surface area contributed by atoms with Crippen molar-refractivity contribution in [3.8, 4) is 11.5 Å². The Kier molecular flexibility index (Phi) is 6.93. The highest BCUT2D eigenvalue weighted by atomic mass is 35.5. The van der Waals surface area contributed by atoms with Crippen LogP contribution < -0.4 is 9.47 Å². The lowest BCUT2D eigenvalue weighted by molar-refractivity contribution is -0.141. The maximum Gasteiger partial charge on any atom is 0.416 e. The quantitative estimate of drug-likeness (QED) is 0.277. The molecule has 1 aromatic heterocycles. The lowest BCUT2D eigenvalue weighted by Crippen LogP contribution is -2.42. The summed E-state index contributed by atoms with van der Waals surface area (Å²) in [6.07, 6.45) is 0.103. The molecule has 4 aromatic rings. The van der Waals surface area contributed by atoms with E-state index in [1.54, 1.807) is 29.2 Å². The Hall–Kier alpha value is -3.23. The number of nitrogens with one attached hydrogen (secondary N) is 1. The summed E-state index contributed by atoms with van der Waals surface area (Å²) in [5.41, 5.74) is 3.99. The number of ether oxygens (including phenoxy) is 4. The van der Waals surface area contributed by atoms with Crippen molar-refractivity contribution < 1.29 is 23.7 Å². The van der Waals surface area contributed by atoms with Crippen LogP contribution in [0.5, 0.6) is 11.5 Å². The van der Waals surface area contributed by atoms with Crippen molar-refractivity contribution in [2.45, 2.75) is 38.2 Å². The van der Waals surface area contributed by atoms with Crippen molar-refractivity contribution in [2.75, 3.05) is 19.8 Å². The van der Waals surface area contributed by atoms with E-state index >= 15 is 0 Å². The number of carbonyl (C=O) groups is 1. The van der Waals surface area contributed by atoms with E-state index in [2.05, 4.69) is 4.98 Å². The molecule has 1 amide bonds. The van der Waals surface area contributed by atoms with Gasteiger partial charge in [0.2, 0.25) is 0 Å². The first-order valence-electron chi connectivity index (χ1n) is 12.8. The molecule has 3 aromatic carbocycles. The molecular weight excluding hydrogens is 539 g/mol. The molecular formula is C30H28Cl2N2O5. The normalized spacial score (nSPS) is 20.2. The number of amides is 1. The van der Waals surface area contributed by atoms with Gasteiger partial charge in [0.1, 0.15) is 30.3 Å². The van der Waals surface area contributed by atoms with E-state index in [0.717, 1.165) is 27.7 Å². The van der Waals surface area contributed by atoms with Gasteiger partial charge in [-0.1, -0.05) is 35.3 Å². The van der Waals surface area contributed by atoms with E-state index in [1.165, 1.54) is 0 Å². The second kappa shape index (κ2) is 10.4. The number of fused-ring (bicyclic) bond motifs is 3. The second-order valence-corrected chi connectivity index (χ2v) is 11.1. The van der Waals surface area contributed by atoms with Gasteiger partial charge in [0.05, 0.1) is 6.61 Å². The SMILES string of the molecule is CC1(C)OCC(COc2ccc([C@H]3c4[nH]c5ccc(Cl)cc5c4CCN3C(=O)Oc3ccc(Cl)cc3)cc2)O1. The van der Waals surface area contributed by atoms with Crippen LogP contribution in [0.25, 0.3) is 10.9 Å². The third-order valence-electron chi connectivity index (χ3n) is 7.04. The Bertz CT molecular complexity index is 1500. The minimum Gasteiger partial charge on any atom is -0.491 e. The highest BCUT2D eigenvalue weighted by Gasteiger charge is 2.36. The van der Waals surface area contributed by atoms with Crippen molar-refractivity contribution in [2.24, 2.45) is 0 Å². The van der Waals surface area contributed by atoms with Gasteiger partial charge in [-0.2, -0.15) is 0 Å². The smallest absolute Gasteiger partial charge is 0.416 e. The summed E-state index contributed by atoms with van der Waals surface area (Å²) in [4.78, 5) is 18.8. The molecule has 9 heteroatoms. The van der Waals surface area contributed by atoms with E-state index < -0.39 is 11.9 Å². The Labute approximate surface area is 236 Å². The lowest BCUT2D eigenvalue weighted by atomic mass is 9.92. The fourth-order valence-electron chi connectivity index (χ4n) is 5.25. The Morgan fingerprint density at radius 1 is 1.03 bits per heavy atom. The zero-order valence-electron chi connectivity index (χ0n) is 21.6. The van der Waals surface area contributed by atoms with E-state index in [9.17, 15) is 4.79 Å². The molecule has 2 aliphatic rings. The monoisotopic (exact) mass is 566 g/mol. The van der Waals surface area contributed by atoms with Crippen LogP contribution in [0.3, 0.4) is 0 Å². The molecule has 202 valence electrons. The molecule has 1 N–H and O–H groups in total. The van der Waals surface area contributed by atoms with Crippen LogP contribution in [-0.2, 0) is 15.9 Å². The second-order valence-electron chi connectivity index (χ2n) is 10.2. The number of hydrogen-bond acceptors (Lipinski definition) is 5. The number of aromatic amines is 1. The molecule has 1 fully saturated rings. The van der Waals surface area contributed by atoms with Crippen molar-refractivity contribution >= 4 is 40.2 Å². The van der Waals surface area contributed by atoms with Crippen molar-refractivity contribution in [1.29, 1.82) is 0 Å². The first kappa shape index (κ1) is 26.0. The molecule has 0 spiro atoms. The first-order chi connectivity index (χ1) is 18.8. The predicted molar refractivity (Wildman–Crippen MR) is 150 cm³/mol. The fraction of sp³-hybridized carbons (Fsp3) is 0.300. The van der Waals surface area contributed by atoms with E-state index in [0.29, 0.717) is 47.7 Å². The third kappa shape index (κ3) is 5.45. The molecule has 2 atom stereocenters. The van der Waals surface area contributed by atoms with Crippen LogP contribution in [0, 0.1) is 0 Å². The molecule has 0 bridgehead atoms. The van der Waals surface area contributed by atoms with Crippen LogP contribution in [0.15, 0.2) is 66.7 Å². The maximum absolute atomic E-state index is 13.5. The highest BCUT2D eigenvalue weighted by molar-refractivity contribution is 6.31. The molecule has 0 saturated carbocycles. The molecule has 1 unspecified atom stereocenters. The molecule has 6 rings (SSSR count). The molecule has 3 heterocycles. The van der Waals surface area contributed by atoms with Gasteiger partial charge in [-0.05, 0) is 86.0 Å². The summed E-state index contributed by atoms with van der Waals surface area (Å²) in [5.74, 6) is 0.550. The number of halogens is 2. The van der Waals surface area contributed by atoms with E-state index in [-0.39, 0.29) is 12.1 Å². The molecule has 39 heavy (non-hydrogen) atoms. The van der Waals surface area contributed by atoms with Gasteiger partial charge in [0.25, 0.3) is 0 Å². The number of hydrogen-bond donors (Lipinski definition) is 1. The zero-order chi connectivity index (χ0) is 27.1. The molecule has 0 aliphatic carbocycles. The number of aromatic nitrogens is 1. The van der Waals surface area contributed by atoms with Gasteiger partial charge < -0.3 is 23.9 Å². The van der Waals surface area contributed by atoms with Crippen molar-refractivity contribution in [3.05, 3.63) is 93.6 Å². The van der Waals surface area contributed by atoms with Gasteiger partial charge in [0.15, 0.2) is 5.79 Å². The summed E-state index contributed by atoms with van der Waals surface area (Å²) < 4.78 is 23.2. The van der Waals surface area contributed by atoms with Crippen LogP contribution in [-0.4, -0.2) is 47.6 Å². The average molecular weight is 567 g/mol. The topological polar surface area (TPSA) is 73.0 Å². The van der Waals surface area contributed by atoms with E-state index in [1.807, 2.05) is 56.3 Å². The minimum absolute atomic E-state index is 0.128. The van der Waals surface area contributed by atoms with Crippen LogP contribution in [0.1, 0.15) is 36.7 Å². The molecule has 0 radical (unpaired) electrons. The standard InChI is InChI=1S/C30H28Cl2N2O5/c1-30(2)37-17-23(39-30)16-36-21-8-3-18(4-9-21)28-27-24(25-15-20(32)7-12-26(25)33-27)13-14-34(28)29(35)38-22-10-5-19(31)6-11-22/h3-12,15,23,28,33H,13-14,16-17H2,1-2H3/t23?,28-/m0/s1. The van der Waals surface area contributed by atoms with Gasteiger partial charge >= 0.3 is 6.09 Å². The van der Waals surface area contributed by atoms with Gasteiger partial charge in [0, 0.05) is 33.2 Å². The summed E-state index contributed by atoms with van der Waals surface area (Å²) >= 11 is 12.3. The Morgan fingerprint density at radius 2 is 1.74 bits per heavy atom. The summed E-state index contributed by atoms with van der Waals surface area (Å²) in [6.45, 7) is 5.14. The number of carbonyl (C=O) groups excluding carboxylic acids is 1. The summed E-state index contributed by atoms with van der Waals surface area (Å²) in [7, 11) is 0. The minimum atomic E-state index is -0.593. The Morgan fingerprint density at radius 3 is 2.46 bits per heavy atom. The van der Waals surface area contributed by atoms with Crippen LogP contribution >= 0.6 is 23.2 Å². The van der Waals surface area contributed by atoms with Crippen molar-refractivity contribution in [1.82, 2.24) is 9.88 Å². The predicted octanol–water partition coefficient (Wildman–Crippen LogP) is 7.15. The first-order valence-corrected chi connectivity index (χ1v) is 13.6. The van der Waals surface area contributed by atoms with Gasteiger partial charge in [-0.3, -0.25) is 4.90 Å². The largest absolute Gasteiger partial charge is 0.491 e. The Balaban J connectivity index is 1.29. The average Bonchev–Trinajstić information content (AvgIpc) is 3.47. The van der Waals surface area contributed by atoms with Crippen LogP contribution in [0.2, 0.25) is 10.0 Å². The zero-order valence-corrected chi connectivity index (χ0v) is 23.1. The number of benzene rings is 3. The molecule has 2 aliphatic heterocycles. The third-order valence-corrected chi connectivity index (χ3v) is 7.53. The number of H-pyrrole nitrogens is 1. The van der Waals surface area contributed by atoms with Crippen LogP contribution in [0.4, 0.5) is 4.79 Å². The van der Waals surface area contributed by atoms with Gasteiger partial charge in [-0.15, -0.1) is 0 Å². The summed E-state index contributed by atoms with van der Waals surface area (Å²) in [6, 6.07) is 19.9. The fourth-order valence-corrected chi connectivity index (χ4v) is 5.54. The lowest BCUT2D eigenvalue weighted by Gasteiger charge is -2.35. The number of rotatable bonds is 5. The van der Waals surface area contributed by atoms with Gasteiger partial charge in [-0.25, -0.2) is 4.79 Å². The highest BCUT2D eigenvalue weighted by Crippen LogP contribution is 2.40. The molecule has 1 saturated heterocycles. The van der Waals surface area contributed by atoms with Crippen molar-refractivity contribution in [3.63, 3.8) is 0 Å². The maximum atomic E-state index is 13.5. The number of nitrogens with zero attached hydrogens (tertiary/aromatic N) is 1. The van der Waals surface area contributed by atoms with E-state index in [4.69, 9.17) is 42.1 Å². The summed E-state index contributed by atoms with van der Waals surface area (Å²) in [5, 5.41) is 2.31. The molecule has 7 nitrogen and oxygen atoms in total.